The number of piperazine rings is 1. The molecule has 1 N–H and O–H groups in total. The highest BCUT2D eigenvalue weighted by Crippen LogP contribution is 2.16. The molecule has 2 atom stereocenters. The predicted octanol–water partition coefficient (Wildman–Crippen LogP) is 0.504. The molecule has 0 aromatic rings. The number of hydrogen-bond acceptors (Lipinski definition) is 4. The van der Waals surface area contributed by atoms with E-state index in [1.807, 2.05) is 16.7 Å². The fourth-order valence-electron chi connectivity index (χ4n) is 3.77. The molecule has 0 aromatic heterocycles. The highest BCUT2D eigenvalue weighted by Gasteiger charge is 2.28. The van der Waals surface area contributed by atoms with E-state index in [1.54, 1.807) is 0 Å². The summed E-state index contributed by atoms with van der Waals surface area (Å²) in [7, 11) is 0. The standard InChI is InChI=1S/C17H30N4O3/c1-14(15-5-4-12-24-15)18-17(23)21-10-8-20(9-11-21)16(22)13-19-6-2-3-7-19/h14-15H,2-13H2,1H3,(H,18,23)/t14-,15-/m0/s1. The van der Waals surface area contributed by atoms with Gasteiger partial charge in [-0.1, -0.05) is 0 Å². The molecule has 3 aliphatic rings. The number of hydrogen-bond donors (Lipinski definition) is 1. The van der Waals surface area contributed by atoms with Gasteiger partial charge >= 0.3 is 6.03 Å². The van der Waals surface area contributed by atoms with E-state index in [9.17, 15) is 9.59 Å². The van der Waals surface area contributed by atoms with Crippen molar-refractivity contribution in [2.24, 2.45) is 0 Å². The fraction of sp³-hybridized carbons (Fsp3) is 0.882. The number of rotatable bonds is 4. The maximum atomic E-state index is 12.4. The number of carbonyl (C=O) groups excluding carboxylic acids is 2. The van der Waals surface area contributed by atoms with E-state index in [0.29, 0.717) is 32.7 Å². The smallest absolute Gasteiger partial charge is 0.317 e. The van der Waals surface area contributed by atoms with E-state index >= 15 is 0 Å². The van der Waals surface area contributed by atoms with Gasteiger partial charge in [0.25, 0.3) is 0 Å². The Morgan fingerprint density at radius 2 is 1.71 bits per heavy atom. The van der Waals surface area contributed by atoms with Gasteiger partial charge < -0.3 is 19.9 Å². The zero-order valence-corrected chi connectivity index (χ0v) is 14.7. The normalized spacial score (nSPS) is 26.6. The van der Waals surface area contributed by atoms with Crippen LogP contribution in [0.25, 0.3) is 0 Å². The van der Waals surface area contributed by atoms with Crippen LogP contribution in [-0.2, 0) is 9.53 Å². The molecule has 7 heteroatoms. The van der Waals surface area contributed by atoms with Crippen molar-refractivity contribution in [2.45, 2.75) is 44.8 Å². The monoisotopic (exact) mass is 338 g/mol. The Balaban J connectivity index is 1.39. The number of carbonyl (C=O) groups is 2. The number of nitrogens with zero attached hydrogens (tertiary/aromatic N) is 3. The molecule has 3 rings (SSSR count). The zero-order valence-electron chi connectivity index (χ0n) is 14.7. The van der Waals surface area contributed by atoms with E-state index in [4.69, 9.17) is 4.74 Å². The van der Waals surface area contributed by atoms with Gasteiger partial charge in [-0.25, -0.2) is 4.79 Å². The summed E-state index contributed by atoms with van der Waals surface area (Å²) < 4.78 is 5.62. The minimum absolute atomic E-state index is 0.0369. The first-order valence-electron chi connectivity index (χ1n) is 9.30. The van der Waals surface area contributed by atoms with Gasteiger partial charge in [0.1, 0.15) is 0 Å². The molecule has 24 heavy (non-hydrogen) atoms. The SMILES string of the molecule is C[C@H](NC(=O)N1CCN(C(=O)CN2CCCC2)CC1)[C@@H]1CCCO1. The summed E-state index contributed by atoms with van der Waals surface area (Å²) in [6.07, 6.45) is 4.62. The summed E-state index contributed by atoms with van der Waals surface area (Å²) in [5, 5.41) is 3.04. The largest absolute Gasteiger partial charge is 0.376 e. The molecule has 3 fully saturated rings. The van der Waals surface area contributed by atoms with Gasteiger partial charge in [0, 0.05) is 32.8 Å². The minimum Gasteiger partial charge on any atom is -0.376 e. The lowest BCUT2D eigenvalue weighted by molar-refractivity contribution is -0.133. The van der Waals surface area contributed by atoms with E-state index in [-0.39, 0.29) is 24.1 Å². The summed E-state index contributed by atoms with van der Waals surface area (Å²) in [6, 6.07) is -0.000491. The van der Waals surface area contributed by atoms with Crippen LogP contribution >= 0.6 is 0 Å². The lowest BCUT2D eigenvalue weighted by atomic mass is 10.1. The molecule has 0 radical (unpaired) electrons. The molecule has 3 saturated heterocycles. The van der Waals surface area contributed by atoms with Crippen LogP contribution in [0.4, 0.5) is 4.79 Å². The summed E-state index contributed by atoms with van der Waals surface area (Å²) in [4.78, 5) is 30.6. The fourth-order valence-corrected chi connectivity index (χ4v) is 3.77. The molecule has 3 amide bonds. The van der Waals surface area contributed by atoms with Gasteiger partial charge in [0.05, 0.1) is 18.7 Å². The minimum atomic E-state index is -0.0374. The van der Waals surface area contributed by atoms with Gasteiger partial charge in [-0.2, -0.15) is 0 Å². The first-order valence-corrected chi connectivity index (χ1v) is 9.30. The van der Waals surface area contributed by atoms with Crippen LogP contribution in [0.1, 0.15) is 32.6 Å². The third-order valence-corrected chi connectivity index (χ3v) is 5.35. The number of urea groups is 1. The van der Waals surface area contributed by atoms with Crippen LogP contribution < -0.4 is 5.32 Å². The van der Waals surface area contributed by atoms with Crippen molar-refractivity contribution in [3.05, 3.63) is 0 Å². The Morgan fingerprint density at radius 3 is 2.33 bits per heavy atom. The highest BCUT2D eigenvalue weighted by atomic mass is 16.5. The zero-order chi connectivity index (χ0) is 16.9. The lowest BCUT2D eigenvalue weighted by Crippen LogP contribution is -2.56. The molecule has 3 aliphatic heterocycles. The van der Waals surface area contributed by atoms with E-state index in [2.05, 4.69) is 10.2 Å². The molecule has 136 valence electrons. The second-order valence-corrected chi connectivity index (χ2v) is 7.14. The van der Waals surface area contributed by atoms with Crippen LogP contribution in [0.5, 0.6) is 0 Å². The summed E-state index contributed by atoms with van der Waals surface area (Å²) in [6.45, 7) is 7.88. The van der Waals surface area contributed by atoms with E-state index in [1.165, 1.54) is 12.8 Å². The topological polar surface area (TPSA) is 65.1 Å². The Kier molecular flexibility index (Phi) is 5.94. The third kappa shape index (κ3) is 4.39. The van der Waals surface area contributed by atoms with Crippen LogP contribution in [0, 0.1) is 0 Å². The second kappa shape index (κ2) is 8.16. The van der Waals surface area contributed by atoms with E-state index in [0.717, 1.165) is 32.5 Å². The van der Waals surface area contributed by atoms with Gasteiger partial charge in [-0.15, -0.1) is 0 Å². The van der Waals surface area contributed by atoms with Crippen LogP contribution in [0.15, 0.2) is 0 Å². The van der Waals surface area contributed by atoms with Crippen molar-refractivity contribution in [1.82, 2.24) is 20.0 Å². The maximum Gasteiger partial charge on any atom is 0.317 e. The molecular weight excluding hydrogens is 308 g/mol. The highest BCUT2D eigenvalue weighted by molar-refractivity contribution is 5.79. The first kappa shape index (κ1) is 17.5. The molecule has 0 aliphatic carbocycles. The third-order valence-electron chi connectivity index (χ3n) is 5.35. The Labute approximate surface area is 144 Å². The molecular formula is C17H30N4O3. The predicted molar refractivity (Wildman–Crippen MR) is 90.8 cm³/mol. The number of likely N-dealkylation sites (tertiary alicyclic amines) is 1. The van der Waals surface area contributed by atoms with Gasteiger partial charge in [0.15, 0.2) is 0 Å². The molecule has 0 aromatic carbocycles. The van der Waals surface area contributed by atoms with Crippen molar-refractivity contribution in [1.29, 1.82) is 0 Å². The number of ether oxygens (including phenoxy) is 1. The molecule has 0 spiro atoms. The van der Waals surface area contributed by atoms with Crippen molar-refractivity contribution >= 4 is 11.9 Å². The lowest BCUT2D eigenvalue weighted by Gasteiger charge is -2.36. The first-order chi connectivity index (χ1) is 11.6. The van der Waals surface area contributed by atoms with Gasteiger partial charge in [-0.3, -0.25) is 9.69 Å². The van der Waals surface area contributed by atoms with Gasteiger partial charge in [0.2, 0.25) is 5.91 Å². The van der Waals surface area contributed by atoms with Crippen LogP contribution in [0.3, 0.4) is 0 Å². The van der Waals surface area contributed by atoms with Crippen LogP contribution in [-0.4, -0.2) is 91.2 Å². The molecule has 0 saturated carbocycles. The summed E-state index contributed by atoms with van der Waals surface area (Å²) in [5.41, 5.74) is 0. The van der Waals surface area contributed by atoms with Crippen molar-refractivity contribution in [3.63, 3.8) is 0 Å². The van der Waals surface area contributed by atoms with Crippen LogP contribution in [0.2, 0.25) is 0 Å². The Bertz CT molecular complexity index is 439. The van der Waals surface area contributed by atoms with Crippen molar-refractivity contribution in [2.75, 3.05) is 52.4 Å². The molecule has 7 nitrogen and oxygen atoms in total. The number of nitrogens with one attached hydrogen (secondary N) is 1. The maximum absolute atomic E-state index is 12.4. The number of amides is 3. The van der Waals surface area contributed by atoms with Gasteiger partial charge in [-0.05, 0) is 45.7 Å². The molecule has 0 unspecified atom stereocenters. The van der Waals surface area contributed by atoms with Crippen molar-refractivity contribution < 1.29 is 14.3 Å². The Hall–Kier alpha value is -1.34. The van der Waals surface area contributed by atoms with Crippen molar-refractivity contribution in [3.8, 4) is 0 Å². The second-order valence-electron chi connectivity index (χ2n) is 7.14. The summed E-state index contributed by atoms with van der Waals surface area (Å²) in [5.74, 6) is 0.199. The quantitative estimate of drug-likeness (QED) is 0.811. The average molecular weight is 338 g/mol. The summed E-state index contributed by atoms with van der Waals surface area (Å²) >= 11 is 0. The Morgan fingerprint density at radius 1 is 1.04 bits per heavy atom. The molecule has 3 heterocycles. The molecule has 0 bridgehead atoms. The van der Waals surface area contributed by atoms with E-state index < -0.39 is 0 Å². The average Bonchev–Trinajstić information content (AvgIpc) is 3.28.